The molecule has 0 aromatic rings. The van der Waals surface area contributed by atoms with Crippen molar-refractivity contribution >= 4 is 7.82 Å². The maximum atomic E-state index is 12.4. The van der Waals surface area contributed by atoms with Crippen LogP contribution in [0.3, 0.4) is 0 Å². The molecule has 0 aliphatic carbocycles. The van der Waals surface area contributed by atoms with Gasteiger partial charge in [0.25, 0.3) is 0 Å². The largest absolute Gasteiger partial charge is 0.475 e. The fourth-order valence-corrected chi connectivity index (χ4v) is 3.72. The lowest BCUT2D eigenvalue weighted by molar-refractivity contribution is 0.0569. The van der Waals surface area contributed by atoms with E-state index in [0.717, 1.165) is 12.8 Å². The molecule has 0 aromatic carbocycles. The van der Waals surface area contributed by atoms with Crippen molar-refractivity contribution in [1.29, 1.82) is 0 Å². The van der Waals surface area contributed by atoms with E-state index in [-0.39, 0.29) is 6.10 Å². The Labute approximate surface area is 131 Å². The molecule has 0 bridgehead atoms. The smallest absolute Gasteiger partial charge is 0.287 e. The van der Waals surface area contributed by atoms with Crippen molar-refractivity contribution in [3.05, 3.63) is 0 Å². The van der Waals surface area contributed by atoms with Crippen LogP contribution in [-0.2, 0) is 18.1 Å². The fourth-order valence-electron chi connectivity index (χ4n) is 2.21. The summed E-state index contributed by atoms with van der Waals surface area (Å²) in [4.78, 5) is 0. The molecule has 4 nitrogen and oxygen atoms in total. The van der Waals surface area contributed by atoms with E-state index in [1.165, 1.54) is 32.1 Å². The zero-order chi connectivity index (χ0) is 16.1. The topological polar surface area (TPSA) is 44.8 Å². The molecule has 1 unspecified atom stereocenters. The summed E-state index contributed by atoms with van der Waals surface area (Å²) in [6.07, 6.45) is 8.31. The Morgan fingerprint density at radius 1 is 0.857 bits per heavy atom. The van der Waals surface area contributed by atoms with E-state index in [4.69, 9.17) is 13.6 Å². The minimum Gasteiger partial charge on any atom is -0.287 e. The molecule has 21 heavy (non-hydrogen) atoms. The Bertz CT molecular complexity index is 271. The second kappa shape index (κ2) is 12.6. The zero-order valence-corrected chi connectivity index (χ0v) is 15.5. The first-order chi connectivity index (χ1) is 9.99. The number of hydrogen-bond acceptors (Lipinski definition) is 4. The average molecular weight is 322 g/mol. The molecule has 0 saturated heterocycles. The fraction of sp³-hybridized carbons (Fsp3) is 1.00. The van der Waals surface area contributed by atoms with Crippen molar-refractivity contribution < 1.29 is 18.1 Å². The van der Waals surface area contributed by atoms with Gasteiger partial charge in [0.1, 0.15) is 0 Å². The van der Waals surface area contributed by atoms with E-state index >= 15 is 0 Å². The summed E-state index contributed by atoms with van der Waals surface area (Å²) in [7, 11) is -3.40. The minimum atomic E-state index is -3.40. The van der Waals surface area contributed by atoms with Gasteiger partial charge >= 0.3 is 7.82 Å². The molecular weight excluding hydrogens is 287 g/mol. The van der Waals surface area contributed by atoms with Crippen LogP contribution in [0.4, 0.5) is 0 Å². The summed E-state index contributed by atoms with van der Waals surface area (Å²) in [5.41, 5.74) is 0. The van der Waals surface area contributed by atoms with Crippen molar-refractivity contribution in [2.24, 2.45) is 5.92 Å². The summed E-state index contributed by atoms with van der Waals surface area (Å²) in [5, 5.41) is 0. The first-order valence-corrected chi connectivity index (χ1v) is 10.0. The third kappa shape index (κ3) is 10.5. The lowest BCUT2D eigenvalue weighted by Crippen LogP contribution is -2.20. The highest BCUT2D eigenvalue weighted by molar-refractivity contribution is 7.48. The predicted octanol–water partition coefficient (Wildman–Crippen LogP) is 5.96. The van der Waals surface area contributed by atoms with Gasteiger partial charge in [0, 0.05) is 0 Å². The highest BCUT2D eigenvalue weighted by Crippen LogP contribution is 2.51. The molecule has 128 valence electrons. The number of unbranched alkanes of at least 4 members (excludes halogenated alkanes) is 5. The van der Waals surface area contributed by atoms with Crippen molar-refractivity contribution in [1.82, 2.24) is 0 Å². The van der Waals surface area contributed by atoms with Crippen LogP contribution in [-0.4, -0.2) is 19.3 Å². The Morgan fingerprint density at radius 3 is 1.86 bits per heavy atom. The molecule has 0 rings (SSSR count). The number of phosphoric ester groups is 1. The van der Waals surface area contributed by atoms with Gasteiger partial charge in [0.05, 0.1) is 19.3 Å². The molecule has 0 fully saturated rings. The monoisotopic (exact) mass is 322 g/mol. The lowest BCUT2D eigenvalue weighted by atomic mass is 10.0. The predicted molar refractivity (Wildman–Crippen MR) is 88.6 cm³/mol. The second-order valence-corrected chi connectivity index (χ2v) is 7.35. The van der Waals surface area contributed by atoms with Gasteiger partial charge in [-0.05, 0) is 26.2 Å². The zero-order valence-electron chi connectivity index (χ0n) is 14.6. The van der Waals surface area contributed by atoms with Gasteiger partial charge in [-0.15, -0.1) is 0 Å². The van der Waals surface area contributed by atoms with Crippen LogP contribution in [0.2, 0.25) is 0 Å². The van der Waals surface area contributed by atoms with Gasteiger partial charge in [-0.25, -0.2) is 4.57 Å². The molecule has 0 spiro atoms. The third-order valence-corrected chi connectivity index (χ3v) is 5.10. The lowest BCUT2D eigenvalue weighted by Gasteiger charge is -2.26. The molecule has 5 heteroatoms. The summed E-state index contributed by atoms with van der Waals surface area (Å²) in [5.74, 6) is 0.301. The second-order valence-electron chi connectivity index (χ2n) is 5.73. The Hall–Kier alpha value is 0.110. The molecule has 0 saturated carbocycles. The molecule has 0 heterocycles. The summed E-state index contributed by atoms with van der Waals surface area (Å²) < 4.78 is 28.6. The van der Waals surface area contributed by atoms with Crippen LogP contribution < -0.4 is 0 Å². The molecule has 0 aliphatic rings. The van der Waals surface area contributed by atoms with Crippen LogP contribution in [0.15, 0.2) is 0 Å². The molecular formula is C16H35O4P. The quantitative estimate of drug-likeness (QED) is 0.292. The van der Waals surface area contributed by atoms with Crippen molar-refractivity contribution in [2.75, 3.05) is 13.2 Å². The highest BCUT2D eigenvalue weighted by Gasteiger charge is 2.31. The number of rotatable bonds is 14. The molecule has 0 aromatic heterocycles. The van der Waals surface area contributed by atoms with Crippen LogP contribution in [0.1, 0.15) is 79.6 Å². The number of hydrogen-bond donors (Lipinski definition) is 0. The maximum Gasteiger partial charge on any atom is 0.475 e. The van der Waals surface area contributed by atoms with E-state index in [1.807, 2.05) is 0 Å². The van der Waals surface area contributed by atoms with Gasteiger partial charge in [0.15, 0.2) is 0 Å². The third-order valence-electron chi connectivity index (χ3n) is 3.42. The molecule has 0 radical (unpaired) electrons. The van der Waals surface area contributed by atoms with Gasteiger partial charge < -0.3 is 0 Å². The maximum absolute atomic E-state index is 12.4. The van der Waals surface area contributed by atoms with Crippen LogP contribution in [0.5, 0.6) is 0 Å². The minimum absolute atomic E-state index is 0.0693. The Kier molecular flexibility index (Phi) is 12.7. The SMILES string of the molecule is CCCCCCCCC(OP(=O)(OCC)OCC)C(C)C. The summed E-state index contributed by atoms with van der Waals surface area (Å²) >= 11 is 0. The van der Waals surface area contributed by atoms with E-state index in [1.54, 1.807) is 13.8 Å². The first-order valence-electron chi connectivity index (χ1n) is 8.56. The van der Waals surface area contributed by atoms with E-state index < -0.39 is 7.82 Å². The summed E-state index contributed by atoms with van der Waals surface area (Å²) in [6, 6.07) is 0. The highest BCUT2D eigenvalue weighted by atomic mass is 31.2. The van der Waals surface area contributed by atoms with E-state index in [2.05, 4.69) is 20.8 Å². The van der Waals surface area contributed by atoms with E-state index in [9.17, 15) is 4.57 Å². The van der Waals surface area contributed by atoms with Crippen molar-refractivity contribution in [3.8, 4) is 0 Å². The molecule has 0 aliphatic heterocycles. The average Bonchev–Trinajstić information content (AvgIpc) is 2.41. The molecule has 0 amide bonds. The van der Waals surface area contributed by atoms with Crippen LogP contribution in [0, 0.1) is 5.92 Å². The standard InChI is InChI=1S/C16H35O4P/c1-6-9-10-11-12-13-14-16(15(4)5)20-21(17,18-7-2)19-8-3/h15-16H,6-14H2,1-5H3. The van der Waals surface area contributed by atoms with Gasteiger partial charge in [-0.3, -0.25) is 13.6 Å². The van der Waals surface area contributed by atoms with Crippen molar-refractivity contribution in [2.45, 2.75) is 85.7 Å². The normalized spacial score (nSPS) is 13.8. The van der Waals surface area contributed by atoms with Crippen LogP contribution >= 0.6 is 7.82 Å². The van der Waals surface area contributed by atoms with Crippen LogP contribution in [0.25, 0.3) is 0 Å². The van der Waals surface area contributed by atoms with Gasteiger partial charge in [-0.2, -0.15) is 0 Å². The Morgan fingerprint density at radius 2 is 1.38 bits per heavy atom. The molecule has 1 atom stereocenters. The van der Waals surface area contributed by atoms with Crippen molar-refractivity contribution in [3.63, 3.8) is 0 Å². The first kappa shape index (κ1) is 21.1. The van der Waals surface area contributed by atoms with Gasteiger partial charge in [-0.1, -0.05) is 59.3 Å². The van der Waals surface area contributed by atoms with Gasteiger partial charge in [0.2, 0.25) is 0 Å². The summed E-state index contributed by atoms with van der Waals surface area (Å²) in [6.45, 7) is 10.7. The Balaban J connectivity index is 4.24. The number of phosphoric acid groups is 1. The molecule has 0 N–H and O–H groups in total. The van der Waals surface area contributed by atoms with E-state index in [0.29, 0.717) is 19.1 Å².